The van der Waals surface area contributed by atoms with E-state index in [1.54, 1.807) is 36.9 Å². The number of aromatic nitrogens is 2. The highest BCUT2D eigenvalue weighted by atomic mass is 16.4. The first-order chi connectivity index (χ1) is 9.69. The monoisotopic (exact) mass is 270 g/mol. The van der Waals surface area contributed by atoms with E-state index in [1.165, 1.54) is 0 Å². The molecule has 0 spiro atoms. The number of pyridine rings is 2. The van der Waals surface area contributed by atoms with E-state index >= 15 is 0 Å². The lowest BCUT2D eigenvalue weighted by molar-refractivity contribution is -0.144. The minimum atomic E-state index is -0.855. The second kappa shape index (κ2) is 6.28. The zero-order valence-corrected chi connectivity index (χ0v) is 11.5. The molecule has 1 atom stereocenters. The predicted octanol–water partition coefficient (Wildman–Crippen LogP) is 2.84. The minimum Gasteiger partial charge on any atom is -0.481 e. The summed E-state index contributed by atoms with van der Waals surface area (Å²) in [5.74, 6) is -0.778. The lowest BCUT2D eigenvalue weighted by Gasteiger charge is -2.28. The molecule has 0 radical (unpaired) electrons. The van der Waals surface area contributed by atoms with Crippen molar-refractivity contribution in [3.05, 3.63) is 60.2 Å². The van der Waals surface area contributed by atoms with Gasteiger partial charge in [0.05, 0.1) is 5.41 Å². The second-order valence-electron chi connectivity index (χ2n) is 4.83. The van der Waals surface area contributed by atoms with E-state index in [-0.39, 0.29) is 0 Å². The molecule has 0 bridgehead atoms. The van der Waals surface area contributed by atoms with E-state index < -0.39 is 11.4 Å². The van der Waals surface area contributed by atoms with Crippen molar-refractivity contribution in [2.45, 2.75) is 31.6 Å². The van der Waals surface area contributed by atoms with Gasteiger partial charge in [0.25, 0.3) is 0 Å². The Morgan fingerprint density at radius 3 is 2.15 bits per heavy atom. The third-order valence-corrected chi connectivity index (χ3v) is 3.84. The topological polar surface area (TPSA) is 63.1 Å². The zero-order valence-electron chi connectivity index (χ0n) is 11.5. The number of nitrogens with zero attached hydrogens (tertiary/aromatic N) is 2. The Bertz CT molecular complexity index is 557. The van der Waals surface area contributed by atoms with Crippen molar-refractivity contribution in [1.29, 1.82) is 0 Å². The van der Waals surface area contributed by atoms with Crippen LogP contribution in [-0.2, 0) is 16.6 Å². The van der Waals surface area contributed by atoms with Gasteiger partial charge in [0.1, 0.15) is 0 Å². The SMILES string of the molecule is CCC(CCc1ccncc1)(C(=O)O)c1ccncc1. The fourth-order valence-corrected chi connectivity index (χ4v) is 2.49. The lowest BCUT2D eigenvalue weighted by atomic mass is 9.74. The number of hydrogen-bond acceptors (Lipinski definition) is 3. The molecule has 20 heavy (non-hydrogen) atoms. The Balaban J connectivity index is 2.26. The molecule has 0 amide bonds. The van der Waals surface area contributed by atoms with E-state index in [0.29, 0.717) is 19.3 Å². The van der Waals surface area contributed by atoms with Crippen LogP contribution in [0.25, 0.3) is 0 Å². The number of carboxylic acids is 1. The number of rotatable bonds is 6. The highest BCUT2D eigenvalue weighted by Gasteiger charge is 2.38. The number of aryl methyl sites for hydroxylation is 1. The van der Waals surface area contributed by atoms with E-state index in [4.69, 9.17) is 0 Å². The lowest BCUT2D eigenvalue weighted by Crippen LogP contribution is -2.35. The molecular weight excluding hydrogens is 252 g/mol. The predicted molar refractivity (Wildman–Crippen MR) is 76.4 cm³/mol. The summed E-state index contributed by atoms with van der Waals surface area (Å²) in [4.78, 5) is 19.8. The first kappa shape index (κ1) is 14.2. The number of carboxylic acid groups (broad SMARTS) is 1. The Morgan fingerprint density at radius 2 is 1.65 bits per heavy atom. The van der Waals surface area contributed by atoms with Crippen molar-refractivity contribution in [2.24, 2.45) is 0 Å². The quantitative estimate of drug-likeness (QED) is 0.876. The van der Waals surface area contributed by atoms with Gasteiger partial charge in [-0.25, -0.2) is 0 Å². The summed E-state index contributed by atoms with van der Waals surface area (Å²) in [7, 11) is 0. The Morgan fingerprint density at radius 1 is 1.10 bits per heavy atom. The molecule has 4 heteroatoms. The molecule has 4 nitrogen and oxygen atoms in total. The standard InChI is InChI=1S/C16H18N2O2/c1-2-16(15(19)20,14-6-11-18-12-7-14)8-3-13-4-9-17-10-5-13/h4-7,9-12H,2-3,8H2,1H3,(H,19,20). The molecule has 0 aliphatic heterocycles. The van der Waals surface area contributed by atoms with Gasteiger partial charge < -0.3 is 5.11 Å². The molecule has 2 heterocycles. The maximum atomic E-state index is 11.8. The Hall–Kier alpha value is -2.23. The van der Waals surface area contributed by atoms with Crippen LogP contribution in [0.15, 0.2) is 49.1 Å². The van der Waals surface area contributed by atoms with Crippen molar-refractivity contribution in [1.82, 2.24) is 9.97 Å². The summed E-state index contributed by atoms with van der Waals surface area (Å²) < 4.78 is 0. The molecule has 1 N–H and O–H groups in total. The Kier molecular flexibility index (Phi) is 4.45. The largest absolute Gasteiger partial charge is 0.481 e. The highest BCUT2D eigenvalue weighted by molar-refractivity contribution is 5.81. The first-order valence-corrected chi connectivity index (χ1v) is 6.72. The molecule has 0 aliphatic rings. The third-order valence-electron chi connectivity index (χ3n) is 3.84. The molecule has 0 saturated carbocycles. The van der Waals surface area contributed by atoms with Gasteiger partial charge in [0.2, 0.25) is 0 Å². The van der Waals surface area contributed by atoms with Crippen LogP contribution in [0.1, 0.15) is 30.9 Å². The summed E-state index contributed by atoms with van der Waals surface area (Å²) in [6, 6.07) is 7.44. The van der Waals surface area contributed by atoms with Crippen LogP contribution in [0.2, 0.25) is 0 Å². The van der Waals surface area contributed by atoms with Crippen LogP contribution in [0.4, 0.5) is 0 Å². The highest BCUT2D eigenvalue weighted by Crippen LogP contribution is 2.33. The van der Waals surface area contributed by atoms with Crippen molar-refractivity contribution in [3.8, 4) is 0 Å². The van der Waals surface area contributed by atoms with E-state index in [1.807, 2.05) is 19.1 Å². The molecular formula is C16H18N2O2. The van der Waals surface area contributed by atoms with Crippen molar-refractivity contribution in [2.75, 3.05) is 0 Å². The van der Waals surface area contributed by atoms with Gasteiger partial charge in [0.15, 0.2) is 0 Å². The van der Waals surface area contributed by atoms with Gasteiger partial charge in [-0.05, 0) is 54.7 Å². The average Bonchev–Trinajstić information content (AvgIpc) is 2.50. The van der Waals surface area contributed by atoms with Gasteiger partial charge in [0, 0.05) is 24.8 Å². The summed E-state index contributed by atoms with van der Waals surface area (Å²) in [5, 5.41) is 9.72. The second-order valence-corrected chi connectivity index (χ2v) is 4.83. The fraction of sp³-hybridized carbons (Fsp3) is 0.312. The van der Waals surface area contributed by atoms with Gasteiger partial charge in [-0.1, -0.05) is 6.92 Å². The molecule has 0 aromatic carbocycles. The van der Waals surface area contributed by atoms with E-state index in [9.17, 15) is 9.90 Å². The van der Waals surface area contributed by atoms with Crippen LogP contribution in [-0.4, -0.2) is 21.0 Å². The van der Waals surface area contributed by atoms with Crippen molar-refractivity contribution in [3.63, 3.8) is 0 Å². The van der Waals surface area contributed by atoms with Gasteiger partial charge in [-0.2, -0.15) is 0 Å². The third kappa shape index (κ3) is 2.85. The van der Waals surface area contributed by atoms with Crippen LogP contribution in [0, 0.1) is 0 Å². The summed E-state index contributed by atoms with van der Waals surface area (Å²) in [5.41, 5.74) is 1.07. The average molecular weight is 270 g/mol. The zero-order chi connectivity index (χ0) is 14.4. The number of carbonyl (C=O) groups is 1. The molecule has 2 aromatic heterocycles. The summed E-state index contributed by atoms with van der Waals surface area (Å²) in [6.45, 7) is 1.92. The van der Waals surface area contributed by atoms with Gasteiger partial charge in [-0.3, -0.25) is 14.8 Å². The van der Waals surface area contributed by atoms with Gasteiger partial charge >= 0.3 is 5.97 Å². The first-order valence-electron chi connectivity index (χ1n) is 6.72. The van der Waals surface area contributed by atoms with Crippen LogP contribution >= 0.6 is 0 Å². The molecule has 0 aliphatic carbocycles. The van der Waals surface area contributed by atoms with Crippen molar-refractivity contribution < 1.29 is 9.90 Å². The molecule has 2 rings (SSSR count). The van der Waals surface area contributed by atoms with Crippen LogP contribution < -0.4 is 0 Å². The maximum absolute atomic E-state index is 11.8. The molecule has 0 saturated heterocycles. The normalized spacial score (nSPS) is 13.7. The minimum absolute atomic E-state index is 0.553. The van der Waals surface area contributed by atoms with E-state index in [2.05, 4.69) is 9.97 Å². The molecule has 2 aromatic rings. The summed E-state index contributed by atoms with van der Waals surface area (Å²) >= 11 is 0. The summed E-state index contributed by atoms with van der Waals surface area (Å²) in [6.07, 6.45) is 8.59. The van der Waals surface area contributed by atoms with Crippen LogP contribution in [0.5, 0.6) is 0 Å². The van der Waals surface area contributed by atoms with E-state index in [0.717, 1.165) is 11.1 Å². The molecule has 1 unspecified atom stereocenters. The number of hydrogen-bond donors (Lipinski definition) is 1. The maximum Gasteiger partial charge on any atom is 0.314 e. The number of aliphatic carboxylic acids is 1. The van der Waals surface area contributed by atoms with Gasteiger partial charge in [-0.15, -0.1) is 0 Å². The molecule has 0 fully saturated rings. The van der Waals surface area contributed by atoms with Crippen LogP contribution in [0.3, 0.4) is 0 Å². The molecule has 104 valence electrons. The Labute approximate surface area is 118 Å². The van der Waals surface area contributed by atoms with Crippen molar-refractivity contribution >= 4 is 5.97 Å². The smallest absolute Gasteiger partial charge is 0.314 e. The fourth-order valence-electron chi connectivity index (χ4n) is 2.49.